The predicted octanol–water partition coefficient (Wildman–Crippen LogP) is 3.22. The number of nitrogens with zero attached hydrogens (tertiary/aromatic N) is 3. The van der Waals surface area contributed by atoms with Crippen molar-refractivity contribution in [3.8, 4) is 0 Å². The standard InChI is InChI=1S/C25H24N4O4S2/c30-19(16-7-2-1-3-8-16)14-26-22-18(23(31)28-11-5-4-10-21(28)27-22)13-20-24(32)29(25(34)35-20)15-17-9-6-12-33-17/h1-5,7-8,10-11,13,17,19,26,30H,6,9,12,14-15H2/b20-13-. The Labute approximate surface area is 211 Å². The van der Waals surface area contributed by atoms with E-state index in [2.05, 4.69) is 10.3 Å². The van der Waals surface area contributed by atoms with Crippen LogP contribution in [-0.4, -0.2) is 55.4 Å². The van der Waals surface area contributed by atoms with Crippen LogP contribution in [0.5, 0.6) is 0 Å². The molecule has 8 nitrogen and oxygen atoms in total. The lowest BCUT2D eigenvalue weighted by Crippen LogP contribution is -2.35. The molecule has 2 atom stereocenters. The summed E-state index contributed by atoms with van der Waals surface area (Å²) >= 11 is 6.62. The Morgan fingerprint density at radius 3 is 2.80 bits per heavy atom. The molecular weight excluding hydrogens is 484 g/mol. The van der Waals surface area contributed by atoms with E-state index in [1.54, 1.807) is 35.4 Å². The highest BCUT2D eigenvalue weighted by molar-refractivity contribution is 8.26. The quantitative estimate of drug-likeness (QED) is 0.371. The van der Waals surface area contributed by atoms with Crippen LogP contribution in [0, 0.1) is 0 Å². The molecule has 2 saturated heterocycles. The fourth-order valence-corrected chi connectivity index (χ4v) is 5.39. The first-order valence-corrected chi connectivity index (χ1v) is 12.6. The van der Waals surface area contributed by atoms with Gasteiger partial charge in [0.25, 0.3) is 11.5 Å². The molecule has 2 N–H and O–H groups in total. The molecular formula is C25H24N4O4S2. The number of benzene rings is 1. The van der Waals surface area contributed by atoms with Crippen LogP contribution in [0.2, 0.25) is 0 Å². The van der Waals surface area contributed by atoms with Crippen LogP contribution in [0.25, 0.3) is 11.7 Å². The summed E-state index contributed by atoms with van der Waals surface area (Å²) in [6, 6.07) is 14.5. The van der Waals surface area contributed by atoms with E-state index in [-0.39, 0.29) is 29.7 Å². The minimum atomic E-state index is -0.801. The second-order valence-electron chi connectivity index (χ2n) is 8.34. The number of anilines is 1. The van der Waals surface area contributed by atoms with Gasteiger partial charge in [-0.2, -0.15) is 0 Å². The summed E-state index contributed by atoms with van der Waals surface area (Å²) in [4.78, 5) is 33.0. The number of aliphatic hydroxyl groups is 1. The Kier molecular flexibility index (Phi) is 6.96. The first-order chi connectivity index (χ1) is 17.0. The van der Waals surface area contributed by atoms with Gasteiger partial charge in [-0.25, -0.2) is 4.98 Å². The van der Waals surface area contributed by atoms with Crippen LogP contribution in [-0.2, 0) is 9.53 Å². The third-order valence-corrected chi connectivity index (χ3v) is 7.35. The van der Waals surface area contributed by atoms with Crippen LogP contribution < -0.4 is 10.9 Å². The number of ether oxygens (including phenoxy) is 1. The van der Waals surface area contributed by atoms with Crippen molar-refractivity contribution in [3.63, 3.8) is 0 Å². The summed E-state index contributed by atoms with van der Waals surface area (Å²) in [5.74, 6) is 0.0453. The van der Waals surface area contributed by atoms with Crippen LogP contribution in [0.3, 0.4) is 0 Å². The lowest BCUT2D eigenvalue weighted by molar-refractivity contribution is -0.123. The summed E-state index contributed by atoms with van der Waals surface area (Å²) < 4.78 is 7.54. The van der Waals surface area contributed by atoms with Gasteiger partial charge in [0.15, 0.2) is 0 Å². The normalized spacial score (nSPS) is 20.2. The van der Waals surface area contributed by atoms with E-state index in [4.69, 9.17) is 17.0 Å². The van der Waals surface area contributed by atoms with Crippen LogP contribution in [0.1, 0.15) is 30.1 Å². The number of aliphatic hydroxyl groups excluding tert-OH is 1. The average Bonchev–Trinajstić information content (AvgIpc) is 3.49. The summed E-state index contributed by atoms with van der Waals surface area (Å²) in [5.41, 5.74) is 1.11. The molecule has 0 bridgehead atoms. The van der Waals surface area contributed by atoms with Crippen LogP contribution >= 0.6 is 24.0 Å². The Hall–Kier alpha value is -3.05. The molecule has 1 amide bonds. The summed E-state index contributed by atoms with van der Waals surface area (Å²) in [6.07, 6.45) is 4.21. The van der Waals surface area contributed by atoms with Crippen molar-refractivity contribution in [2.75, 3.05) is 25.0 Å². The highest BCUT2D eigenvalue weighted by Crippen LogP contribution is 2.34. The van der Waals surface area contributed by atoms with Gasteiger partial charge in [-0.15, -0.1) is 0 Å². The van der Waals surface area contributed by atoms with Gasteiger partial charge >= 0.3 is 0 Å². The van der Waals surface area contributed by atoms with E-state index in [9.17, 15) is 14.7 Å². The van der Waals surface area contributed by atoms with E-state index in [0.717, 1.165) is 30.2 Å². The lowest BCUT2D eigenvalue weighted by atomic mass is 10.1. The third-order valence-electron chi connectivity index (χ3n) is 5.98. The molecule has 5 rings (SSSR count). The summed E-state index contributed by atoms with van der Waals surface area (Å²) in [7, 11) is 0. The fraction of sp³-hybridized carbons (Fsp3) is 0.280. The highest BCUT2D eigenvalue weighted by atomic mass is 32.2. The molecule has 2 unspecified atom stereocenters. The van der Waals surface area contributed by atoms with Gasteiger partial charge in [0.2, 0.25) is 0 Å². The maximum Gasteiger partial charge on any atom is 0.267 e. The lowest BCUT2D eigenvalue weighted by Gasteiger charge is -2.18. The zero-order valence-electron chi connectivity index (χ0n) is 18.8. The maximum absolute atomic E-state index is 13.4. The van der Waals surface area contributed by atoms with Crippen molar-refractivity contribution in [1.82, 2.24) is 14.3 Å². The average molecular weight is 509 g/mol. The molecule has 0 spiro atoms. The molecule has 2 aliphatic rings. The number of nitrogens with one attached hydrogen (secondary N) is 1. The summed E-state index contributed by atoms with van der Waals surface area (Å²) in [6.45, 7) is 1.24. The maximum atomic E-state index is 13.4. The van der Waals surface area contributed by atoms with Gasteiger partial charge in [0, 0.05) is 19.3 Å². The van der Waals surface area contributed by atoms with Gasteiger partial charge in [-0.3, -0.25) is 18.9 Å². The minimum absolute atomic E-state index is 0.0264. The molecule has 180 valence electrons. The second-order valence-corrected chi connectivity index (χ2v) is 10.0. The number of fused-ring (bicyclic) bond motifs is 1. The fourth-order valence-electron chi connectivity index (χ4n) is 4.13. The van der Waals surface area contributed by atoms with Crippen molar-refractivity contribution in [2.45, 2.75) is 25.0 Å². The van der Waals surface area contributed by atoms with E-state index >= 15 is 0 Å². The number of carbonyl (C=O) groups is 1. The van der Waals surface area contributed by atoms with Gasteiger partial charge in [0.1, 0.15) is 15.8 Å². The van der Waals surface area contributed by atoms with Crippen LogP contribution in [0.4, 0.5) is 5.82 Å². The molecule has 35 heavy (non-hydrogen) atoms. The third kappa shape index (κ3) is 5.01. The van der Waals surface area contributed by atoms with Gasteiger partial charge in [-0.05, 0) is 36.6 Å². The number of rotatable bonds is 7. The second kappa shape index (κ2) is 10.3. The molecule has 3 aromatic rings. The largest absolute Gasteiger partial charge is 0.387 e. The zero-order valence-corrected chi connectivity index (χ0v) is 20.4. The molecule has 2 aliphatic heterocycles. The molecule has 0 radical (unpaired) electrons. The van der Waals surface area contributed by atoms with Crippen molar-refractivity contribution < 1.29 is 14.6 Å². The minimum Gasteiger partial charge on any atom is -0.387 e. The Morgan fingerprint density at radius 2 is 2.03 bits per heavy atom. The highest BCUT2D eigenvalue weighted by Gasteiger charge is 2.35. The molecule has 0 aliphatic carbocycles. The summed E-state index contributed by atoms with van der Waals surface area (Å²) in [5, 5.41) is 13.7. The molecule has 2 aromatic heterocycles. The smallest absolute Gasteiger partial charge is 0.267 e. The molecule has 2 fully saturated rings. The van der Waals surface area contributed by atoms with Crippen LogP contribution in [0.15, 0.2) is 64.4 Å². The first-order valence-electron chi connectivity index (χ1n) is 11.4. The zero-order chi connectivity index (χ0) is 24.4. The van der Waals surface area contributed by atoms with Gasteiger partial charge < -0.3 is 15.2 Å². The Bertz CT molecular complexity index is 1350. The SMILES string of the molecule is O=C1/C(=C/c2c(NCC(O)c3ccccc3)nc3ccccn3c2=O)SC(=S)N1CC1CCCO1. The number of carbonyl (C=O) groups excluding carboxylic acids is 1. The molecule has 0 saturated carbocycles. The van der Waals surface area contributed by atoms with E-state index < -0.39 is 6.10 Å². The number of aromatic nitrogens is 2. The Balaban J connectivity index is 1.47. The molecule has 4 heterocycles. The number of hydrogen-bond donors (Lipinski definition) is 2. The molecule has 1 aromatic carbocycles. The number of thioether (sulfide) groups is 1. The number of thiocarbonyl (C=S) groups is 1. The van der Waals surface area contributed by atoms with Crippen molar-refractivity contribution in [1.29, 1.82) is 0 Å². The van der Waals surface area contributed by atoms with Crippen molar-refractivity contribution >= 4 is 51.7 Å². The van der Waals surface area contributed by atoms with E-state index in [1.807, 2.05) is 30.3 Å². The monoisotopic (exact) mass is 508 g/mol. The van der Waals surface area contributed by atoms with Gasteiger partial charge in [0.05, 0.1) is 29.2 Å². The number of hydrogen-bond acceptors (Lipinski definition) is 8. The van der Waals surface area contributed by atoms with Crippen molar-refractivity contribution in [3.05, 3.63) is 81.1 Å². The topological polar surface area (TPSA) is 96.2 Å². The number of amides is 1. The van der Waals surface area contributed by atoms with E-state index in [1.165, 1.54) is 4.40 Å². The van der Waals surface area contributed by atoms with Gasteiger partial charge in [-0.1, -0.05) is 60.4 Å². The van der Waals surface area contributed by atoms with E-state index in [0.29, 0.717) is 33.8 Å². The predicted molar refractivity (Wildman–Crippen MR) is 140 cm³/mol. The molecule has 10 heteroatoms. The van der Waals surface area contributed by atoms with Crippen molar-refractivity contribution in [2.24, 2.45) is 0 Å². The Morgan fingerprint density at radius 1 is 1.23 bits per heavy atom. The first kappa shape index (κ1) is 23.7. The number of pyridine rings is 1.